The second-order valence-corrected chi connectivity index (χ2v) is 8.41. The molecule has 1 fully saturated rings. The summed E-state index contributed by atoms with van der Waals surface area (Å²) in [6.45, 7) is 5.33. The molecule has 0 saturated carbocycles. The van der Waals surface area contributed by atoms with E-state index in [0.717, 1.165) is 25.5 Å². The first kappa shape index (κ1) is 22.5. The summed E-state index contributed by atoms with van der Waals surface area (Å²) in [6, 6.07) is 4.07. The zero-order valence-electron chi connectivity index (χ0n) is 15.5. The molecule has 0 amide bonds. The van der Waals surface area contributed by atoms with Crippen LogP contribution in [0.2, 0.25) is 0 Å². The molecule has 2 aromatic rings. The standard InChI is InChI=1S/C15H17F3N4OS2.C3H4/c1-14(23,15(16,17)18)11-9-19-13(20-10-11)21-4-6-22(7-5-21)25-12-3-2-8-24-12;1-3-2/h2-3,8-10,23H,4-7H2,1H3;1H,2H3. The Kier molecular flexibility index (Phi) is 7.71. The summed E-state index contributed by atoms with van der Waals surface area (Å²) in [5.74, 6) is 2.63. The highest BCUT2D eigenvalue weighted by molar-refractivity contribution is 7.98. The molecule has 0 bridgehead atoms. The summed E-state index contributed by atoms with van der Waals surface area (Å²) in [5, 5.41) is 11.7. The molecule has 1 aliphatic rings. The molecule has 28 heavy (non-hydrogen) atoms. The minimum Gasteiger partial charge on any atom is -0.376 e. The number of thiophene rings is 1. The molecular formula is C18H21F3N4OS2. The van der Waals surface area contributed by atoms with Gasteiger partial charge in [0, 0.05) is 44.1 Å². The van der Waals surface area contributed by atoms with Crippen molar-refractivity contribution in [1.82, 2.24) is 14.3 Å². The van der Waals surface area contributed by atoms with E-state index in [4.69, 9.17) is 0 Å². The van der Waals surface area contributed by atoms with Gasteiger partial charge in [-0.15, -0.1) is 23.7 Å². The van der Waals surface area contributed by atoms with Crippen molar-refractivity contribution in [2.75, 3.05) is 31.1 Å². The number of alkyl halides is 3. The van der Waals surface area contributed by atoms with E-state index >= 15 is 0 Å². The van der Waals surface area contributed by atoms with Crippen LogP contribution in [-0.4, -0.2) is 51.7 Å². The lowest BCUT2D eigenvalue weighted by molar-refractivity contribution is -0.259. The normalized spacial score (nSPS) is 17.2. The maximum absolute atomic E-state index is 12.8. The summed E-state index contributed by atoms with van der Waals surface area (Å²) >= 11 is 3.39. The van der Waals surface area contributed by atoms with E-state index in [0.29, 0.717) is 26.0 Å². The van der Waals surface area contributed by atoms with Crippen molar-refractivity contribution >= 4 is 29.2 Å². The molecule has 152 valence electrons. The molecule has 0 aromatic carbocycles. The highest BCUT2D eigenvalue weighted by Crippen LogP contribution is 2.38. The number of anilines is 1. The largest absolute Gasteiger partial charge is 0.421 e. The van der Waals surface area contributed by atoms with Crippen LogP contribution in [0.5, 0.6) is 0 Å². The number of aliphatic hydroxyl groups is 1. The predicted octanol–water partition coefficient (Wildman–Crippen LogP) is 3.78. The summed E-state index contributed by atoms with van der Waals surface area (Å²) in [4.78, 5) is 9.96. The lowest BCUT2D eigenvalue weighted by Crippen LogP contribution is -2.44. The Labute approximate surface area is 170 Å². The zero-order valence-corrected chi connectivity index (χ0v) is 17.1. The highest BCUT2D eigenvalue weighted by Gasteiger charge is 2.51. The fourth-order valence-corrected chi connectivity index (χ4v) is 4.16. The first-order valence-corrected chi connectivity index (χ1v) is 10.0. The number of aromatic nitrogens is 2. The molecular weight excluding hydrogens is 409 g/mol. The minimum absolute atomic E-state index is 0.365. The number of hydrogen-bond acceptors (Lipinski definition) is 7. The molecule has 0 spiro atoms. The van der Waals surface area contributed by atoms with Crippen LogP contribution in [0.3, 0.4) is 0 Å². The van der Waals surface area contributed by atoms with Gasteiger partial charge in [-0.2, -0.15) is 13.2 Å². The first-order chi connectivity index (χ1) is 13.2. The van der Waals surface area contributed by atoms with Gasteiger partial charge in [0.2, 0.25) is 5.95 Å². The van der Waals surface area contributed by atoms with Crippen LogP contribution in [0.4, 0.5) is 19.1 Å². The van der Waals surface area contributed by atoms with Gasteiger partial charge in [0.05, 0.1) is 4.21 Å². The lowest BCUT2D eigenvalue weighted by Gasteiger charge is -2.33. The van der Waals surface area contributed by atoms with Crippen molar-refractivity contribution in [3.63, 3.8) is 0 Å². The Bertz CT molecular complexity index is 766. The van der Waals surface area contributed by atoms with Crippen molar-refractivity contribution in [1.29, 1.82) is 0 Å². The number of halogens is 3. The molecule has 10 heteroatoms. The predicted molar refractivity (Wildman–Crippen MR) is 106 cm³/mol. The van der Waals surface area contributed by atoms with Crippen molar-refractivity contribution in [3.8, 4) is 12.3 Å². The van der Waals surface area contributed by atoms with Crippen LogP contribution in [0, 0.1) is 12.3 Å². The summed E-state index contributed by atoms with van der Waals surface area (Å²) < 4.78 is 42.0. The zero-order chi connectivity index (χ0) is 20.8. The number of rotatable bonds is 4. The van der Waals surface area contributed by atoms with Crippen LogP contribution in [0.25, 0.3) is 0 Å². The number of terminal acetylenes is 1. The SMILES string of the molecule is C#CC.CC(O)(c1cnc(N2CCN(Sc3cccs3)CC2)nc1)C(F)(F)F. The smallest absolute Gasteiger partial charge is 0.376 e. The third-order valence-corrected chi connectivity index (χ3v) is 6.10. The van der Waals surface area contributed by atoms with E-state index in [2.05, 4.69) is 32.7 Å². The number of piperazine rings is 1. The van der Waals surface area contributed by atoms with Crippen molar-refractivity contribution in [2.24, 2.45) is 0 Å². The van der Waals surface area contributed by atoms with Gasteiger partial charge in [0.1, 0.15) is 0 Å². The van der Waals surface area contributed by atoms with E-state index in [-0.39, 0.29) is 5.56 Å². The van der Waals surface area contributed by atoms with Crippen LogP contribution in [0.1, 0.15) is 19.4 Å². The topological polar surface area (TPSA) is 52.5 Å². The van der Waals surface area contributed by atoms with Gasteiger partial charge < -0.3 is 10.0 Å². The van der Waals surface area contributed by atoms with Gasteiger partial charge in [0.15, 0.2) is 5.60 Å². The molecule has 5 nitrogen and oxygen atoms in total. The molecule has 1 atom stereocenters. The minimum atomic E-state index is -4.78. The third kappa shape index (κ3) is 5.61. The van der Waals surface area contributed by atoms with E-state index in [1.165, 1.54) is 4.21 Å². The van der Waals surface area contributed by atoms with Gasteiger partial charge in [-0.3, -0.25) is 0 Å². The summed E-state index contributed by atoms with van der Waals surface area (Å²) in [6.07, 6.45) is 1.91. The molecule has 1 unspecified atom stereocenters. The van der Waals surface area contributed by atoms with E-state index in [1.54, 1.807) is 30.2 Å². The van der Waals surface area contributed by atoms with Gasteiger partial charge in [-0.05, 0) is 37.2 Å². The Morgan fingerprint density at radius 3 is 2.25 bits per heavy atom. The molecule has 1 saturated heterocycles. The van der Waals surface area contributed by atoms with Crippen LogP contribution < -0.4 is 4.90 Å². The highest BCUT2D eigenvalue weighted by atomic mass is 32.2. The fourth-order valence-electron chi connectivity index (χ4n) is 2.32. The second-order valence-electron chi connectivity index (χ2n) is 6.07. The first-order valence-electron chi connectivity index (χ1n) is 8.39. The van der Waals surface area contributed by atoms with Gasteiger partial charge >= 0.3 is 6.18 Å². The van der Waals surface area contributed by atoms with Crippen molar-refractivity contribution in [3.05, 3.63) is 35.5 Å². The Morgan fingerprint density at radius 1 is 1.21 bits per heavy atom. The molecule has 2 aromatic heterocycles. The number of hydrogen-bond donors (Lipinski definition) is 1. The Hall–Kier alpha value is -1.80. The molecule has 1 N–H and O–H groups in total. The quantitative estimate of drug-likeness (QED) is 0.589. The third-order valence-electron chi connectivity index (χ3n) is 3.99. The lowest BCUT2D eigenvalue weighted by atomic mass is 9.99. The van der Waals surface area contributed by atoms with Gasteiger partial charge in [-0.1, -0.05) is 6.07 Å². The molecule has 3 rings (SSSR count). The van der Waals surface area contributed by atoms with Crippen LogP contribution in [0.15, 0.2) is 34.1 Å². The van der Waals surface area contributed by atoms with Gasteiger partial charge in [-0.25, -0.2) is 14.3 Å². The molecule has 0 aliphatic carbocycles. The molecule has 1 aliphatic heterocycles. The maximum Gasteiger partial charge on any atom is 0.421 e. The fraction of sp³-hybridized carbons (Fsp3) is 0.444. The average Bonchev–Trinajstić information content (AvgIpc) is 3.15. The Balaban J connectivity index is 0.000000878. The maximum atomic E-state index is 12.8. The van der Waals surface area contributed by atoms with Gasteiger partial charge in [0.25, 0.3) is 0 Å². The summed E-state index contributed by atoms with van der Waals surface area (Å²) in [5.41, 5.74) is -3.32. The van der Waals surface area contributed by atoms with E-state index in [1.807, 2.05) is 16.3 Å². The van der Waals surface area contributed by atoms with Crippen molar-refractivity contribution < 1.29 is 18.3 Å². The molecule has 3 heterocycles. The second kappa shape index (κ2) is 9.60. The van der Waals surface area contributed by atoms with Crippen molar-refractivity contribution in [2.45, 2.75) is 29.8 Å². The summed E-state index contributed by atoms with van der Waals surface area (Å²) in [7, 11) is 0. The Morgan fingerprint density at radius 2 is 1.79 bits per heavy atom. The van der Waals surface area contributed by atoms with E-state index < -0.39 is 11.8 Å². The monoisotopic (exact) mass is 430 g/mol. The van der Waals surface area contributed by atoms with Crippen LogP contribution >= 0.6 is 23.3 Å². The number of nitrogens with zero attached hydrogens (tertiary/aromatic N) is 4. The van der Waals surface area contributed by atoms with E-state index in [9.17, 15) is 18.3 Å². The van der Waals surface area contributed by atoms with Crippen LogP contribution in [-0.2, 0) is 5.60 Å². The average molecular weight is 431 g/mol. The molecule has 0 radical (unpaired) electrons.